The first-order valence-corrected chi connectivity index (χ1v) is 20.5. The fraction of sp³-hybridized carbons (Fsp3) is 0.952. The molecule has 10 N–H and O–H groups in total. The van der Waals surface area contributed by atoms with Crippen molar-refractivity contribution in [2.24, 2.45) is 22.2 Å². The molecule has 14 atom stereocenters. The molecule has 2 aliphatic rings. The van der Waals surface area contributed by atoms with Crippen LogP contribution in [-0.4, -0.2) is 146 Å². The summed E-state index contributed by atoms with van der Waals surface area (Å²) >= 11 is 0. The molecule has 0 saturated carbocycles. The van der Waals surface area contributed by atoms with Crippen molar-refractivity contribution in [2.75, 3.05) is 20.8 Å². The lowest BCUT2D eigenvalue weighted by Crippen LogP contribution is -2.58. The average Bonchev–Trinajstić information content (AvgIpc) is 3.10. The van der Waals surface area contributed by atoms with Crippen molar-refractivity contribution in [3.05, 3.63) is 12.3 Å². The topological polar surface area (TPSA) is 231 Å². The zero-order chi connectivity index (χ0) is 44.2. The minimum absolute atomic E-state index is 0.0358. The van der Waals surface area contributed by atoms with Crippen LogP contribution in [0.15, 0.2) is 12.3 Å². The summed E-state index contributed by atoms with van der Waals surface area (Å²) in [6, 6.07) is 0. The SMILES string of the molecule is CCC(O)C(O)C(O)C(O)CC(C)(C)C.CCCCC=CNCCC.COC1OC(C(C)(C)C)C(O)C(O)C1C.COC1OC(CC(C)(C)C)C(O)C(O)C1O. The maximum absolute atomic E-state index is 9.93. The highest BCUT2D eigenvalue weighted by atomic mass is 16.7. The van der Waals surface area contributed by atoms with E-state index in [1.165, 1.54) is 32.8 Å². The number of ether oxygens (including phenoxy) is 4. The lowest BCUT2D eigenvalue weighted by atomic mass is 9.79. The number of unbranched alkanes of at least 4 members (excludes halogenated alkanes) is 2. The summed E-state index contributed by atoms with van der Waals surface area (Å²) in [7, 11) is 2.94. The fourth-order valence-electron chi connectivity index (χ4n) is 6.03. The summed E-state index contributed by atoms with van der Waals surface area (Å²) in [4.78, 5) is 0. The van der Waals surface area contributed by atoms with Crippen LogP contribution in [0.5, 0.6) is 0 Å². The molecular formula is C42H87NO13. The van der Waals surface area contributed by atoms with Crippen molar-refractivity contribution < 1.29 is 64.9 Å². The summed E-state index contributed by atoms with van der Waals surface area (Å²) < 4.78 is 21.2. The number of nitrogens with one attached hydrogen (secondary N) is 1. The fourth-order valence-corrected chi connectivity index (χ4v) is 6.03. The van der Waals surface area contributed by atoms with Crippen molar-refractivity contribution in [3.8, 4) is 0 Å². The largest absolute Gasteiger partial charge is 0.391 e. The molecule has 0 amide bonds. The van der Waals surface area contributed by atoms with E-state index in [1.807, 2.05) is 62.3 Å². The molecule has 14 unspecified atom stereocenters. The van der Waals surface area contributed by atoms with Gasteiger partial charge in [-0.05, 0) is 54.5 Å². The third-order valence-electron chi connectivity index (χ3n) is 9.44. The smallest absolute Gasteiger partial charge is 0.186 e. The molecule has 2 heterocycles. The van der Waals surface area contributed by atoms with Gasteiger partial charge in [0.1, 0.15) is 36.6 Å². The molecule has 0 radical (unpaired) electrons. The lowest BCUT2D eigenvalue weighted by Gasteiger charge is -2.45. The van der Waals surface area contributed by atoms with Crippen LogP contribution in [0.1, 0.15) is 135 Å². The molecule has 2 saturated heterocycles. The van der Waals surface area contributed by atoms with Crippen molar-refractivity contribution in [1.29, 1.82) is 0 Å². The van der Waals surface area contributed by atoms with Gasteiger partial charge in [0.05, 0.1) is 30.5 Å². The van der Waals surface area contributed by atoms with Gasteiger partial charge in [-0.15, -0.1) is 0 Å². The summed E-state index contributed by atoms with van der Waals surface area (Å²) in [5, 5.41) is 90.1. The van der Waals surface area contributed by atoms with E-state index in [0.29, 0.717) is 19.3 Å². The Morgan fingerprint density at radius 3 is 1.62 bits per heavy atom. The van der Waals surface area contributed by atoms with Crippen molar-refractivity contribution in [2.45, 2.75) is 215 Å². The van der Waals surface area contributed by atoms with Gasteiger partial charge in [0.15, 0.2) is 12.6 Å². The van der Waals surface area contributed by atoms with Crippen LogP contribution in [0, 0.1) is 22.2 Å². The zero-order valence-electron chi connectivity index (χ0n) is 37.6. The number of rotatable bonds is 14. The number of hydrogen-bond acceptors (Lipinski definition) is 14. The molecule has 14 nitrogen and oxygen atoms in total. The third kappa shape index (κ3) is 22.4. The van der Waals surface area contributed by atoms with E-state index in [9.17, 15) is 46.0 Å². The molecule has 2 fully saturated rings. The molecule has 2 aliphatic heterocycles. The van der Waals surface area contributed by atoms with Gasteiger partial charge in [-0.2, -0.15) is 0 Å². The molecule has 338 valence electrons. The van der Waals surface area contributed by atoms with E-state index in [1.54, 1.807) is 21.0 Å². The third-order valence-corrected chi connectivity index (χ3v) is 9.44. The average molecular weight is 814 g/mol. The summed E-state index contributed by atoms with van der Waals surface area (Å²) in [6.45, 7) is 26.8. The Hall–Kier alpha value is -0.980. The predicted molar refractivity (Wildman–Crippen MR) is 219 cm³/mol. The molecule has 0 bridgehead atoms. The first kappa shape index (κ1) is 57.1. The molecule has 56 heavy (non-hydrogen) atoms. The van der Waals surface area contributed by atoms with Gasteiger partial charge in [-0.25, -0.2) is 0 Å². The highest BCUT2D eigenvalue weighted by molar-refractivity contribution is 4.93. The quantitative estimate of drug-likeness (QED) is 0.113. The molecule has 14 heteroatoms. The van der Waals surface area contributed by atoms with Crippen LogP contribution in [0.25, 0.3) is 0 Å². The molecule has 0 aliphatic carbocycles. The van der Waals surface area contributed by atoms with Crippen LogP contribution >= 0.6 is 0 Å². The number of aliphatic hydroxyl groups excluding tert-OH is 9. The Kier molecular flexibility index (Phi) is 28.3. The van der Waals surface area contributed by atoms with Gasteiger partial charge >= 0.3 is 0 Å². The maximum atomic E-state index is 9.93. The van der Waals surface area contributed by atoms with E-state index in [4.69, 9.17) is 18.9 Å². The van der Waals surface area contributed by atoms with E-state index in [0.717, 1.165) is 6.54 Å². The van der Waals surface area contributed by atoms with E-state index >= 15 is 0 Å². The van der Waals surface area contributed by atoms with Gasteiger partial charge in [0.25, 0.3) is 0 Å². The molecular weight excluding hydrogens is 726 g/mol. The van der Waals surface area contributed by atoms with Gasteiger partial charge in [0, 0.05) is 26.7 Å². The van der Waals surface area contributed by atoms with Gasteiger partial charge in [-0.3, -0.25) is 0 Å². The monoisotopic (exact) mass is 814 g/mol. The normalized spacial score (nSPS) is 30.7. The van der Waals surface area contributed by atoms with Crippen molar-refractivity contribution in [1.82, 2.24) is 5.32 Å². The predicted octanol–water partition coefficient (Wildman–Crippen LogP) is 3.60. The molecule has 0 aromatic heterocycles. The van der Waals surface area contributed by atoms with Gasteiger partial charge in [0.2, 0.25) is 0 Å². The van der Waals surface area contributed by atoms with Crippen molar-refractivity contribution >= 4 is 0 Å². The molecule has 0 aromatic carbocycles. The Labute approximate surface area is 339 Å². The van der Waals surface area contributed by atoms with E-state index in [2.05, 4.69) is 31.4 Å². The van der Waals surface area contributed by atoms with Gasteiger partial charge in [-0.1, -0.05) is 109 Å². The minimum Gasteiger partial charge on any atom is -0.391 e. The zero-order valence-corrected chi connectivity index (χ0v) is 37.6. The summed E-state index contributed by atoms with van der Waals surface area (Å²) in [6.07, 6.45) is -1.42. The summed E-state index contributed by atoms with van der Waals surface area (Å²) in [5.74, 6) is -0.219. The van der Waals surface area contributed by atoms with Crippen LogP contribution in [0.2, 0.25) is 0 Å². The van der Waals surface area contributed by atoms with Gasteiger partial charge < -0.3 is 70.2 Å². The standard InChI is InChI=1S/C11H22O5.C11H22O4.C11H24O4.C9H19N/c1-11(2,3)5-6-7(12)8(13)9(14)10(15-4)16-6;1-6-7(12)8(13)9(11(2,3)4)15-10(6)14-5;1-5-7(12)9(14)10(15)8(13)6-11(2,3)4;1-3-5-6-7-9-10-8-4-2/h6-10,12-14H,5H2,1-4H3;6-10,12-13H,1-5H3;7-10,12-15H,5-6H2,1-4H3;7,9-10H,3-6,8H2,1-2H3. The summed E-state index contributed by atoms with van der Waals surface area (Å²) in [5.41, 5.74) is -0.388. The Balaban J connectivity index is 0. The lowest BCUT2D eigenvalue weighted by molar-refractivity contribution is -0.293. The number of methoxy groups -OCH3 is 2. The van der Waals surface area contributed by atoms with Crippen LogP contribution in [0.4, 0.5) is 0 Å². The highest BCUT2D eigenvalue weighted by Gasteiger charge is 2.47. The second-order valence-corrected chi connectivity index (χ2v) is 18.7. The Morgan fingerprint density at radius 2 is 1.20 bits per heavy atom. The number of hydrogen-bond donors (Lipinski definition) is 10. The maximum Gasteiger partial charge on any atom is 0.186 e. The Morgan fingerprint density at radius 1 is 0.661 bits per heavy atom. The second-order valence-electron chi connectivity index (χ2n) is 18.7. The van der Waals surface area contributed by atoms with E-state index in [-0.39, 0.29) is 22.2 Å². The van der Waals surface area contributed by atoms with Crippen LogP contribution in [0.3, 0.4) is 0 Å². The number of allylic oxidation sites excluding steroid dienone is 1. The minimum atomic E-state index is -1.29. The second kappa shape index (κ2) is 27.7. The molecule has 0 aromatic rings. The van der Waals surface area contributed by atoms with Crippen LogP contribution < -0.4 is 5.32 Å². The first-order valence-electron chi connectivity index (χ1n) is 20.5. The highest BCUT2D eigenvalue weighted by Crippen LogP contribution is 2.35. The van der Waals surface area contributed by atoms with Crippen molar-refractivity contribution in [3.63, 3.8) is 0 Å². The van der Waals surface area contributed by atoms with Crippen LogP contribution in [-0.2, 0) is 18.9 Å². The molecule has 2 rings (SSSR count). The first-order chi connectivity index (χ1) is 25.6. The molecule has 0 spiro atoms. The Bertz CT molecular complexity index is 980. The number of aliphatic hydroxyl groups is 9. The van der Waals surface area contributed by atoms with E-state index < -0.39 is 79.7 Å².